The Balaban J connectivity index is 1.10. The summed E-state index contributed by atoms with van der Waals surface area (Å²) in [6, 6.07) is 18.6. The Morgan fingerprint density at radius 1 is 1.00 bits per heavy atom. The van der Waals surface area contributed by atoms with E-state index in [2.05, 4.69) is 63.3 Å². The minimum atomic E-state index is -3.34. The van der Waals surface area contributed by atoms with E-state index in [9.17, 15) is 8.42 Å². The minimum absolute atomic E-state index is 0.146. The van der Waals surface area contributed by atoms with E-state index in [0.717, 1.165) is 37.8 Å². The van der Waals surface area contributed by atoms with Crippen LogP contribution >= 0.6 is 0 Å². The van der Waals surface area contributed by atoms with Crippen molar-refractivity contribution in [3.63, 3.8) is 0 Å². The van der Waals surface area contributed by atoms with Crippen LogP contribution in [0.25, 0.3) is 0 Å². The lowest BCUT2D eigenvalue weighted by Crippen LogP contribution is -2.49. The Hall–Kier alpha value is -2.64. The highest BCUT2D eigenvalue weighted by Gasteiger charge is 2.48. The average Bonchev–Trinajstić information content (AvgIpc) is 3.23. The summed E-state index contributed by atoms with van der Waals surface area (Å²) < 4.78 is 27.3. The monoisotopic (exact) mass is 516 g/mol. The van der Waals surface area contributed by atoms with Crippen LogP contribution < -0.4 is 4.90 Å². The number of imidazole rings is 1. The van der Waals surface area contributed by atoms with Crippen molar-refractivity contribution in [2.75, 3.05) is 36.8 Å². The predicted molar refractivity (Wildman–Crippen MR) is 146 cm³/mol. The molecule has 2 aliphatic carbocycles. The van der Waals surface area contributed by atoms with Gasteiger partial charge in [-0.15, -0.1) is 0 Å². The molecule has 0 amide bonds. The first-order chi connectivity index (χ1) is 17.9. The van der Waals surface area contributed by atoms with Crippen molar-refractivity contribution in [2.24, 2.45) is 24.8 Å². The lowest BCUT2D eigenvalue weighted by atomic mass is 9.75. The van der Waals surface area contributed by atoms with E-state index >= 15 is 0 Å². The summed E-state index contributed by atoms with van der Waals surface area (Å²) in [5.74, 6) is 2.72. The molecule has 1 saturated carbocycles. The van der Waals surface area contributed by atoms with Gasteiger partial charge in [-0.2, -0.15) is 0 Å². The molecular weight excluding hydrogens is 480 g/mol. The molecule has 7 heteroatoms. The molecule has 4 aliphatic rings. The van der Waals surface area contributed by atoms with E-state index in [0.29, 0.717) is 12.0 Å². The third-order valence-corrected chi connectivity index (χ3v) is 11.0. The molecule has 0 bridgehead atoms. The third-order valence-electron chi connectivity index (χ3n) is 9.25. The smallest absolute Gasteiger partial charge is 0.197 e. The first kappa shape index (κ1) is 23.5. The Bertz CT molecular complexity index is 1390. The molecule has 1 aromatic heterocycles. The van der Waals surface area contributed by atoms with Gasteiger partial charge in [0, 0.05) is 63.0 Å². The Kier molecular flexibility index (Phi) is 5.70. The molecule has 37 heavy (non-hydrogen) atoms. The van der Waals surface area contributed by atoms with Crippen molar-refractivity contribution in [1.82, 2.24) is 14.5 Å². The highest BCUT2D eigenvalue weighted by Crippen LogP contribution is 2.49. The maximum absolute atomic E-state index is 12.8. The number of aryl methyl sites for hydroxylation is 2. The predicted octanol–water partition coefficient (Wildman–Crippen LogP) is 3.92. The van der Waals surface area contributed by atoms with Crippen LogP contribution in [0, 0.1) is 17.8 Å². The van der Waals surface area contributed by atoms with Crippen LogP contribution in [0.3, 0.4) is 0 Å². The summed E-state index contributed by atoms with van der Waals surface area (Å²) in [7, 11) is -1.54. The standard InChI is InChI=1S/C30H36N4O2S/c1-32-18-30(31-20-32)37(35,36)19-22-14-33(15-22)26-9-7-23-8-10-29(34-16-24-12-25(24)17-34)28(27(23)13-26)11-21-5-3-2-4-6-21/h2-7,9,13,18,20,22,24-25,28-29H,8,10-12,14-17,19H2,1H3/t24?,25?,28-,29+/m1/s1. The Morgan fingerprint density at radius 2 is 1.78 bits per heavy atom. The fourth-order valence-corrected chi connectivity index (χ4v) is 8.69. The van der Waals surface area contributed by atoms with Crippen LogP contribution in [-0.2, 0) is 29.7 Å². The van der Waals surface area contributed by atoms with Crippen LogP contribution in [0.2, 0.25) is 0 Å². The number of aromatic nitrogens is 2. The number of hydrogen-bond donors (Lipinski definition) is 0. The van der Waals surface area contributed by atoms with Crippen LogP contribution in [0.5, 0.6) is 0 Å². The molecule has 4 atom stereocenters. The number of nitrogens with zero attached hydrogens (tertiary/aromatic N) is 4. The van der Waals surface area contributed by atoms with Gasteiger partial charge < -0.3 is 9.47 Å². The van der Waals surface area contributed by atoms with E-state index in [-0.39, 0.29) is 16.7 Å². The highest BCUT2D eigenvalue weighted by atomic mass is 32.2. The summed E-state index contributed by atoms with van der Waals surface area (Å²) >= 11 is 0. The van der Waals surface area contributed by atoms with Gasteiger partial charge >= 0.3 is 0 Å². The largest absolute Gasteiger partial charge is 0.371 e. The quantitative estimate of drug-likeness (QED) is 0.476. The molecule has 3 heterocycles. The van der Waals surface area contributed by atoms with Gasteiger partial charge in [-0.05, 0) is 66.3 Å². The van der Waals surface area contributed by atoms with Crippen LogP contribution in [-0.4, -0.2) is 60.8 Å². The maximum atomic E-state index is 12.8. The first-order valence-electron chi connectivity index (χ1n) is 13.8. The molecule has 3 aromatic rings. The van der Waals surface area contributed by atoms with Crippen LogP contribution in [0.4, 0.5) is 5.69 Å². The second-order valence-corrected chi connectivity index (χ2v) is 13.9. The molecule has 2 saturated heterocycles. The molecule has 0 radical (unpaired) electrons. The van der Waals surface area contributed by atoms with Crippen molar-refractivity contribution in [2.45, 2.75) is 42.7 Å². The van der Waals surface area contributed by atoms with Crippen molar-refractivity contribution in [3.8, 4) is 0 Å². The molecule has 7 rings (SSSR count). The second-order valence-electron chi connectivity index (χ2n) is 11.9. The zero-order valence-electron chi connectivity index (χ0n) is 21.5. The van der Waals surface area contributed by atoms with Crippen LogP contribution in [0.1, 0.15) is 35.4 Å². The number of hydrogen-bond acceptors (Lipinski definition) is 5. The van der Waals surface area contributed by atoms with E-state index in [4.69, 9.17) is 0 Å². The summed E-state index contributed by atoms with van der Waals surface area (Å²) in [6.45, 7) is 4.14. The number of likely N-dealkylation sites (tertiary alicyclic amines) is 1. The molecule has 194 valence electrons. The second kappa shape index (κ2) is 8.98. The van der Waals surface area contributed by atoms with E-state index in [1.54, 1.807) is 24.1 Å². The molecule has 2 aliphatic heterocycles. The topological polar surface area (TPSA) is 58.4 Å². The maximum Gasteiger partial charge on any atom is 0.197 e. The van der Waals surface area contributed by atoms with Crippen molar-refractivity contribution < 1.29 is 8.42 Å². The number of fused-ring (bicyclic) bond motifs is 2. The van der Waals surface area contributed by atoms with Gasteiger partial charge in [0.05, 0.1) is 12.1 Å². The van der Waals surface area contributed by atoms with E-state index < -0.39 is 9.84 Å². The summed E-state index contributed by atoms with van der Waals surface area (Å²) in [6.07, 6.45) is 8.08. The SMILES string of the molecule is Cn1cnc(S(=O)(=O)CC2CN(c3ccc4c(c3)[C@@H](Cc3ccccc3)[C@@H](N3CC5CC5C3)CC4)C2)c1. The third kappa shape index (κ3) is 4.50. The van der Waals surface area contributed by atoms with Gasteiger partial charge in [-0.25, -0.2) is 13.4 Å². The fraction of sp³-hybridized carbons (Fsp3) is 0.500. The number of sulfone groups is 1. The molecule has 2 unspecified atom stereocenters. The normalized spacial score (nSPS) is 27.5. The molecule has 3 fully saturated rings. The molecule has 0 spiro atoms. The highest BCUT2D eigenvalue weighted by molar-refractivity contribution is 7.91. The van der Waals surface area contributed by atoms with Crippen LogP contribution in [0.15, 0.2) is 66.1 Å². The number of piperidine rings is 1. The average molecular weight is 517 g/mol. The molecule has 6 nitrogen and oxygen atoms in total. The zero-order chi connectivity index (χ0) is 25.1. The summed E-state index contributed by atoms with van der Waals surface area (Å²) in [5, 5.41) is 0.191. The summed E-state index contributed by atoms with van der Waals surface area (Å²) in [4.78, 5) is 9.24. The van der Waals surface area contributed by atoms with Crippen molar-refractivity contribution >= 4 is 15.5 Å². The molecular formula is C30H36N4O2S. The van der Waals surface area contributed by atoms with Crippen molar-refractivity contribution in [3.05, 3.63) is 77.7 Å². The Morgan fingerprint density at radius 3 is 2.51 bits per heavy atom. The zero-order valence-corrected chi connectivity index (χ0v) is 22.4. The van der Waals surface area contributed by atoms with Gasteiger partial charge in [0.15, 0.2) is 14.9 Å². The lowest BCUT2D eigenvalue weighted by molar-refractivity contribution is 0.171. The molecule has 2 aromatic carbocycles. The van der Waals surface area contributed by atoms with Gasteiger partial charge in [0.1, 0.15) is 0 Å². The van der Waals surface area contributed by atoms with E-state index in [1.165, 1.54) is 48.3 Å². The fourth-order valence-electron chi connectivity index (χ4n) is 7.15. The first-order valence-corrected chi connectivity index (χ1v) is 15.4. The van der Waals surface area contributed by atoms with Gasteiger partial charge in [0.2, 0.25) is 0 Å². The molecule has 0 N–H and O–H groups in total. The Labute approximate surface area is 220 Å². The lowest BCUT2D eigenvalue weighted by Gasteiger charge is -2.43. The number of anilines is 1. The summed E-state index contributed by atoms with van der Waals surface area (Å²) in [5.41, 5.74) is 5.68. The number of rotatable bonds is 7. The number of benzene rings is 2. The minimum Gasteiger partial charge on any atom is -0.371 e. The van der Waals surface area contributed by atoms with Gasteiger partial charge in [0.25, 0.3) is 0 Å². The van der Waals surface area contributed by atoms with Gasteiger partial charge in [-0.1, -0.05) is 36.4 Å². The van der Waals surface area contributed by atoms with Crippen molar-refractivity contribution in [1.29, 1.82) is 0 Å². The van der Waals surface area contributed by atoms with E-state index in [1.807, 2.05) is 0 Å². The van der Waals surface area contributed by atoms with Gasteiger partial charge in [-0.3, -0.25) is 4.90 Å².